The fraction of sp³-hybridized carbons (Fsp3) is 0.200. The van der Waals surface area contributed by atoms with Crippen molar-refractivity contribution >= 4 is 29.6 Å². The van der Waals surface area contributed by atoms with Crippen molar-refractivity contribution in [1.29, 1.82) is 0 Å². The van der Waals surface area contributed by atoms with Crippen LogP contribution in [0.5, 0.6) is 0 Å². The van der Waals surface area contributed by atoms with Gasteiger partial charge in [-0.05, 0) is 54.2 Å². The van der Waals surface area contributed by atoms with Crippen LogP contribution < -0.4 is 16.0 Å². The number of nitrogens with one attached hydrogen (secondary N) is 3. The lowest BCUT2D eigenvalue weighted by Gasteiger charge is -2.21. The van der Waals surface area contributed by atoms with Crippen molar-refractivity contribution in [3.63, 3.8) is 0 Å². The first-order valence-corrected chi connectivity index (χ1v) is 14.4. The highest BCUT2D eigenvalue weighted by atomic mass is 16.5. The highest BCUT2D eigenvalue weighted by Crippen LogP contribution is 2.26. The third-order valence-electron chi connectivity index (χ3n) is 7.09. The van der Waals surface area contributed by atoms with Gasteiger partial charge in [0.15, 0.2) is 0 Å². The quantitative estimate of drug-likeness (QED) is 0.141. The maximum Gasteiger partial charge on any atom is 0.407 e. The third kappa shape index (κ3) is 8.78. The van der Waals surface area contributed by atoms with Gasteiger partial charge in [-0.25, -0.2) is 4.79 Å². The topological polar surface area (TPSA) is 134 Å². The molecule has 0 saturated heterocycles. The molecule has 4 rings (SSSR count). The molecule has 0 aromatic heterocycles. The molecule has 0 aliphatic rings. The Hall–Kier alpha value is -5.44. The molecule has 0 radical (unpaired) electrons. The number of hydrogen-bond donors (Lipinski definition) is 4. The Balaban J connectivity index is 1.46. The predicted molar refractivity (Wildman–Crippen MR) is 168 cm³/mol. The Kier molecular flexibility index (Phi) is 11.2. The van der Waals surface area contributed by atoms with Crippen molar-refractivity contribution in [3.8, 4) is 11.1 Å². The van der Waals surface area contributed by atoms with E-state index in [-0.39, 0.29) is 19.6 Å². The molecule has 9 heteroatoms. The van der Waals surface area contributed by atoms with Gasteiger partial charge in [-0.3, -0.25) is 14.4 Å². The van der Waals surface area contributed by atoms with E-state index in [4.69, 9.17) is 4.74 Å². The van der Waals surface area contributed by atoms with Gasteiger partial charge in [0.2, 0.25) is 5.91 Å². The monoisotopic (exact) mass is 593 g/mol. The summed E-state index contributed by atoms with van der Waals surface area (Å²) in [4.78, 5) is 51.0. The minimum Gasteiger partial charge on any atom is -0.481 e. The summed E-state index contributed by atoms with van der Waals surface area (Å²) < 4.78 is 5.25. The summed E-state index contributed by atoms with van der Waals surface area (Å²) in [5.74, 6) is -2.83. The lowest BCUT2D eigenvalue weighted by molar-refractivity contribution is -0.138. The van der Waals surface area contributed by atoms with Crippen molar-refractivity contribution in [3.05, 3.63) is 126 Å². The smallest absolute Gasteiger partial charge is 0.407 e. The molecule has 1 unspecified atom stereocenters. The number of benzene rings is 4. The second-order valence-electron chi connectivity index (χ2n) is 10.2. The molecule has 0 heterocycles. The molecule has 0 saturated carbocycles. The number of carboxylic acids is 1. The van der Waals surface area contributed by atoms with E-state index in [9.17, 15) is 24.3 Å². The van der Waals surface area contributed by atoms with Gasteiger partial charge < -0.3 is 25.8 Å². The van der Waals surface area contributed by atoms with Gasteiger partial charge in [-0.2, -0.15) is 0 Å². The zero-order valence-electron chi connectivity index (χ0n) is 24.4. The number of hydrogen-bond acceptors (Lipinski definition) is 5. The zero-order valence-corrected chi connectivity index (χ0v) is 24.4. The van der Waals surface area contributed by atoms with Crippen LogP contribution in [0.2, 0.25) is 0 Å². The van der Waals surface area contributed by atoms with Gasteiger partial charge in [-0.15, -0.1) is 0 Å². The molecule has 44 heavy (non-hydrogen) atoms. The first-order valence-electron chi connectivity index (χ1n) is 14.4. The Morgan fingerprint density at radius 2 is 1.43 bits per heavy atom. The highest BCUT2D eigenvalue weighted by Gasteiger charge is 2.25. The molecule has 2 atom stereocenters. The van der Waals surface area contributed by atoms with Crippen LogP contribution in [0.15, 0.2) is 109 Å². The van der Waals surface area contributed by atoms with Gasteiger partial charge in [0, 0.05) is 17.8 Å². The van der Waals surface area contributed by atoms with E-state index < -0.39 is 35.8 Å². The average molecular weight is 594 g/mol. The maximum absolute atomic E-state index is 13.6. The fourth-order valence-electron chi connectivity index (χ4n) is 4.67. The number of carboxylic acid groups (broad SMARTS) is 1. The van der Waals surface area contributed by atoms with Gasteiger partial charge >= 0.3 is 12.1 Å². The fourth-order valence-corrected chi connectivity index (χ4v) is 4.67. The number of alkyl carbamates (subject to hydrolysis) is 1. The Morgan fingerprint density at radius 1 is 0.795 bits per heavy atom. The number of anilines is 1. The van der Waals surface area contributed by atoms with Crippen LogP contribution >= 0.6 is 0 Å². The van der Waals surface area contributed by atoms with E-state index >= 15 is 0 Å². The minimum absolute atomic E-state index is 0.128. The Labute approximate surface area is 256 Å². The van der Waals surface area contributed by atoms with E-state index in [0.29, 0.717) is 28.8 Å². The summed E-state index contributed by atoms with van der Waals surface area (Å²) >= 11 is 0. The average Bonchev–Trinajstić information content (AvgIpc) is 3.05. The first-order chi connectivity index (χ1) is 21.3. The molecular formula is C35H35N3O6. The number of aliphatic carboxylic acids is 1. The summed E-state index contributed by atoms with van der Waals surface area (Å²) in [6, 6.07) is 31.6. The Bertz CT molecular complexity index is 1580. The molecule has 0 aliphatic carbocycles. The molecule has 4 aromatic rings. The molecular weight excluding hydrogens is 558 g/mol. The highest BCUT2D eigenvalue weighted by molar-refractivity contribution is 6.05. The van der Waals surface area contributed by atoms with Crippen molar-refractivity contribution in [2.45, 2.75) is 38.3 Å². The second kappa shape index (κ2) is 15.7. The lowest BCUT2D eigenvalue weighted by Crippen LogP contribution is -2.44. The number of rotatable bonds is 13. The zero-order chi connectivity index (χ0) is 31.3. The molecule has 226 valence electrons. The van der Waals surface area contributed by atoms with Gasteiger partial charge in [0.05, 0.1) is 5.92 Å². The van der Waals surface area contributed by atoms with Crippen LogP contribution in [0, 0.1) is 0 Å². The normalized spacial score (nSPS) is 11.9. The predicted octanol–water partition coefficient (Wildman–Crippen LogP) is 5.99. The van der Waals surface area contributed by atoms with Crippen LogP contribution in [0.3, 0.4) is 0 Å². The summed E-state index contributed by atoms with van der Waals surface area (Å²) in [5, 5.41) is 17.9. The van der Waals surface area contributed by atoms with Crippen molar-refractivity contribution in [1.82, 2.24) is 10.6 Å². The van der Waals surface area contributed by atoms with E-state index in [1.54, 1.807) is 36.4 Å². The van der Waals surface area contributed by atoms with Crippen LogP contribution in [-0.4, -0.2) is 41.6 Å². The van der Waals surface area contributed by atoms with Crippen LogP contribution in [0.4, 0.5) is 10.5 Å². The summed E-state index contributed by atoms with van der Waals surface area (Å²) in [6.45, 7) is 1.87. The standard InChI is InChI=1S/C35H35N3O6/c1-24(34(41)42)27-17-10-11-20-30(27)37-33(40)31(21-12-22-36-35(43)44-23-25-13-4-2-5-14-25)38-32(39)29-19-9-8-18-28(29)26-15-6-3-7-16-26/h2-11,13-20,24,31H,12,21-23H2,1H3,(H,36,43)(H,37,40)(H,38,39)(H,41,42)/t24?,31-/m0/s1. The molecule has 0 aliphatic heterocycles. The molecule has 0 spiro atoms. The first kappa shape index (κ1) is 31.5. The van der Waals surface area contributed by atoms with Gasteiger partial charge in [-0.1, -0.05) is 97.1 Å². The molecule has 4 N–H and O–H groups in total. The largest absolute Gasteiger partial charge is 0.481 e. The van der Waals surface area contributed by atoms with E-state index in [2.05, 4.69) is 16.0 Å². The number of amides is 3. The number of para-hydroxylation sites is 1. The van der Waals surface area contributed by atoms with E-state index in [1.165, 1.54) is 6.92 Å². The van der Waals surface area contributed by atoms with Gasteiger partial charge in [0.25, 0.3) is 5.91 Å². The van der Waals surface area contributed by atoms with Crippen molar-refractivity contribution < 1.29 is 29.0 Å². The van der Waals surface area contributed by atoms with Crippen LogP contribution in [0.1, 0.15) is 47.2 Å². The molecule has 0 bridgehead atoms. The maximum atomic E-state index is 13.6. The lowest BCUT2D eigenvalue weighted by atomic mass is 9.98. The summed E-state index contributed by atoms with van der Waals surface area (Å²) in [6.07, 6.45) is -0.0419. The van der Waals surface area contributed by atoms with E-state index in [1.807, 2.05) is 72.8 Å². The molecule has 9 nitrogen and oxygen atoms in total. The summed E-state index contributed by atoms with van der Waals surface area (Å²) in [5.41, 5.74) is 3.62. The number of ether oxygens (including phenoxy) is 1. The SMILES string of the molecule is CC(C(=O)O)c1ccccc1NC(=O)[C@H](CCCNC(=O)OCc1ccccc1)NC(=O)c1ccccc1-c1ccccc1. The second-order valence-corrected chi connectivity index (χ2v) is 10.2. The summed E-state index contributed by atoms with van der Waals surface area (Å²) in [7, 11) is 0. The minimum atomic E-state index is -1.03. The molecule has 0 fully saturated rings. The van der Waals surface area contributed by atoms with Crippen LogP contribution in [-0.2, 0) is 20.9 Å². The third-order valence-corrected chi connectivity index (χ3v) is 7.09. The number of carbonyl (C=O) groups excluding carboxylic acids is 3. The number of carbonyl (C=O) groups is 4. The van der Waals surface area contributed by atoms with E-state index in [0.717, 1.165) is 11.1 Å². The van der Waals surface area contributed by atoms with Crippen LogP contribution in [0.25, 0.3) is 11.1 Å². The molecule has 3 amide bonds. The van der Waals surface area contributed by atoms with Crippen molar-refractivity contribution in [2.75, 3.05) is 11.9 Å². The van der Waals surface area contributed by atoms with Crippen molar-refractivity contribution in [2.24, 2.45) is 0 Å². The molecule has 4 aromatic carbocycles. The van der Waals surface area contributed by atoms with Gasteiger partial charge in [0.1, 0.15) is 12.6 Å². The Morgan fingerprint density at radius 3 is 2.16 bits per heavy atom.